The van der Waals surface area contributed by atoms with Crippen molar-refractivity contribution in [2.45, 2.75) is 12.8 Å². The van der Waals surface area contributed by atoms with Gasteiger partial charge in [-0.25, -0.2) is 0 Å². The number of methoxy groups -OCH3 is 1. The summed E-state index contributed by atoms with van der Waals surface area (Å²) in [6.45, 7) is 2.49. The second-order valence-electron chi connectivity index (χ2n) is 6.14. The zero-order valence-corrected chi connectivity index (χ0v) is 14.4. The first-order valence-electron chi connectivity index (χ1n) is 8.51. The SMILES string of the molecule is COc1ccc(CC(=O)N2CCCN(C(=O)c3ccc[nH]3)CC2)cc1. The summed E-state index contributed by atoms with van der Waals surface area (Å²) in [5.74, 6) is 0.873. The molecule has 2 heterocycles. The van der Waals surface area contributed by atoms with Gasteiger partial charge in [0.25, 0.3) is 5.91 Å². The highest BCUT2D eigenvalue weighted by Gasteiger charge is 2.23. The summed E-state index contributed by atoms with van der Waals surface area (Å²) in [6.07, 6.45) is 2.91. The molecule has 3 rings (SSSR count). The number of rotatable bonds is 4. The minimum Gasteiger partial charge on any atom is -0.497 e. The zero-order chi connectivity index (χ0) is 17.6. The van der Waals surface area contributed by atoms with E-state index >= 15 is 0 Å². The monoisotopic (exact) mass is 341 g/mol. The van der Waals surface area contributed by atoms with E-state index in [1.54, 1.807) is 19.4 Å². The normalized spacial score (nSPS) is 14.9. The van der Waals surface area contributed by atoms with E-state index in [1.165, 1.54) is 0 Å². The lowest BCUT2D eigenvalue weighted by Gasteiger charge is -2.22. The lowest BCUT2D eigenvalue weighted by Crippen LogP contribution is -2.38. The molecular formula is C19H23N3O3. The number of amides is 2. The first-order chi connectivity index (χ1) is 12.2. The maximum atomic E-state index is 12.6. The Morgan fingerprint density at radius 2 is 1.76 bits per heavy atom. The summed E-state index contributed by atoms with van der Waals surface area (Å²) in [5.41, 5.74) is 1.56. The molecule has 0 unspecified atom stereocenters. The van der Waals surface area contributed by atoms with Gasteiger partial charge in [-0.3, -0.25) is 9.59 Å². The van der Waals surface area contributed by atoms with E-state index in [4.69, 9.17) is 4.74 Å². The Bertz CT molecular complexity index is 710. The van der Waals surface area contributed by atoms with Gasteiger partial charge in [-0.2, -0.15) is 0 Å². The van der Waals surface area contributed by atoms with Crippen molar-refractivity contribution in [1.29, 1.82) is 0 Å². The van der Waals surface area contributed by atoms with Crippen LogP contribution >= 0.6 is 0 Å². The minimum atomic E-state index is -0.00514. The van der Waals surface area contributed by atoms with Crippen LogP contribution in [0.25, 0.3) is 0 Å². The first-order valence-corrected chi connectivity index (χ1v) is 8.51. The molecule has 1 fully saturated rings. The number of carbonyl (C=O) groups excluding carboxylic acids is 2. The number of aromatic amines is 1. The Labute approximate surface area is 147 Å². The van der Waals surface area contributed by atoms with E-state index in [-0.39, 0.29) is 11.8 Å². The van der Waals surface area contributed by atoms with E-state index in [0.717, 1.165) is 17.7 Å². The molecule has 1 saturated heterocycles. The van der Waals surface area contributed by atoms with Crippen molar-refractivity contribution in [2.24, 2.45) is 0 Å². The molecule has 0 bridgehead atoms. The average Bonchev–Trinajstić information content (AvgIpc) is 3.06. The number of nitrogens with one attached hydrogen (secondary N) is 1. The average molecular weight is 341 g/mol. The van der Waals surface area contributed by atoms with Crippen molar-refractivity contribution in [2.75, 3.05) is 33.3 Å². The first kappa shape index (κ1) is 17.1. The van der Waals surface area contributed by atoms with Crippen molar-refractivity contribution in [3.05, 3.63) is 53.9 Å². The van der Waals surface area contributed by atoms with Crippen molar-refractivity contribution in [3.8, 4) is 5.75 Å². The van der Waals surface area contributed by atoms with Crippen LogP contribution in [-0.4, -0.2) is 59.9 Å². The zero-order valence-electron chi connectivity index (χ0n) is 14.4. The third-order valence-corrected chi connectivity index (χ3v) is 4.48. The molecule has 2 aromatic rings. The fourth-order valence-electron chi connectivity index (χ4n) is 3.03. The molecule has 6 heteroatoms. The molecule has 1 aliphatic heterocycles. The molecule has 1 aliphatic rings. The highest BCUT2D eigenvalue weighted by atomic mass is 16.5. The molecule has 2 amide bonds. The second-order valence-corrected chi connectivity index (χ2v) is 6.14. The summed E-state index contributed by atoms with van der Waals surface area (Å²) in [7, 11) is 1.62. The van der Waals surface area contributed by atoms with Gasteiger partial charge in [-0.1, -0.05) is 12.1 Å². The van der Waals surface area contributed by atoms with Gasteiger partial charge in [-0.05, 0) is 36.2 Å². The molecule has 1 aromatic carbocycles. The summed E-state index contributed by atoms with van der Waals surface area (Å²) in [5, 5.41) is 0. The highest BCUT2D eigenvalue weighted by Crippen LogP contribution is 2.14. The van der Waals surface area contributed by atoms with Crippen molar-refractivity contribution >= 4 is 11.8 Å². The van der Waals surface area contributed by atoms with Gasteiger partial charge in [0.15, 0.2) is 0 Å². The van der Waals surface area contributed by atoms with Gasteiger partial charge in [0.2, 0.25) is 5.91 Å². The number of nitrogens with zero attached hydrogens (tertiary/aromatic N) is 2. The Balaban J connectivity index is 1.56. The molecule has 0 spiro atoms. The van der Waals surface area contributed by atoms with Gasteiger partial charge in [-0.15, -0.1) is 0 Å². The quantitative estimate of drug-likeness (QED) is 0.924. The summed E-state index contributed by atoms with van der Waals surface area (Å²) >= 11 is 0. The molecule has 0 atom stereocenters. The maximum absolute atomic E-state index is 12.6. The lowest BCUT2D eigenvalue weighted by molar-refractivity contribution is -0.130. The van der Waals surface area contributed by atoms with E-state index in [2.05, 4.69) is 4.98 Å². The third kappa shape index (κ3) is 4.21. The van der Waals surface area contributed by atoms with Crippen LogP contribution in [0.15, 0.2) is 42.6 Å². The molecule has 0 aliphatic carbocycles. The highest BCUT2D eigenvalue weighted by molar-refractivity contribution is 5.92. The Kier molecular flexibility index (Phi) is 5.38. The van der Waals surface area contributed by atoms with E-state index in [1.807, 2.05) is 40.1 Å². The van der Waals surface area contributed by atoms with Crippen LogP contribution in [0, 0.1) is 0 Å². The molecule has 0 radical (unpaired) electrons. The van der Waals surface area contributed by atoms with Crippen LogP contribution in [0.4, 0.5) is 0 Å². The molecule has 1 N–H and O–H groups in total. The minimum absolute atomic E-state index is 0.00514. The van der Waals surface area contributed by atoms with E-state index in [9.17, 15) is 9.59 Å². The number of carbonyl (C=O) groups is 2. The maximum Gasteiger partial charge on any atom is 0.270 e. The number of H-pyrrole nitrogens is 1. The van der Waals surface area contributed by atoms with Crippen LogP contribution in [0.3, 0.4) is 0 Å². The van der Waals surface area contributed by atoms with E-state index in [0.29, 0.717) is 38.3 Å². The number of benzene rings is 1. The van der Waals surface area contributed by atoms with Gasteiger partial charge in [0.05, 0.1) is 13.5 Å². The van der Waals surface area contributed by atoms with Crippen LogP contribution in [0.5, 0.6) is 5.75 Å². The largest absolute Gasteiger partial charge is 0.497 e. The predicted octanol–water partition coefficient (Wildman–Crippen LogP) is 1.94. The Morgan fingerprint density at radius 1 is 1.04 bits per heavy atom. The lowest BCUT2D eigenvalue weighted by atomic mass is 10.1. The van der Waals surface area contributed by atoms with Gasteiger partial charge in [0, 0.05) is 32.4 Å². The Hall–Kier alpha value is -2.76. The molecule has 25 heavy (non-hydrogen) atoms. The summed E-state index contributed by atoms with van der Waals surface area (Å²) < 4.78 is 5.14. The smallest absolute Gasteiger partial charge is 0.270 e. The summed E-state index contributed by atoms with van der Waals surface area (Å²) in [6, 6.07) is 11.1. The third-order valence-electron chi connectivity index (χ3n) is 4.48. The standard InChI is InChI=1S/C19H23N3O3/c1-25-16-7-5-15(6-8-16)14-18(23)21-10-3-11-22(13-12-21)19(24)17-4-2-9-20-17/h2,4-9,20H,3,10-14H2,1H3. The van der Waals surface area contributed by atoms with Crippen molar-refractivity contribution in [3.63, 3.8) is 0 Å². The number of ether oxygens (including phenoxy) is 1. The Morgan fingerprint density at radius 3 is 2.44 bits per heavy atom. The van der Waals surface area contributed by atoms with Crippen molar-refractivity contribution in [1.82, 2.24) is 14.8 Å². The van der Waals surface area contributed by atoms with Crippen LogP contribution < -0.4 is 4.74 Å². The fraction of sp³-hybridized carbons (Fsp3) is 0.368. The van der Waals surface area contributed by atoms with Gasteiger partial charge < -0.3 is 19.5 Å². The molecular weight excluding hydrogens is 318 g/mol. The van der Waals surface area contributed by atoms with Gasteiger partial charge in [0.1, 0.15) is 11.4 Å². The topological polar surface area (TPSA) is 65.6 Å². The molecule has 0 saturated carbocycles. The van der Waals surface area contributed by atoms with Crippen molar-refractivity contribution < 1.29 is 14.3 Å². The van der Waals surface area contributed by atoms with E-state index < -0.39 is 0 Å². The number of aromatic nitrogens is 1. The summed E-state index contributed by atoms with van der Waals surface area (Å²) in [4.78, 5) is 31.6. The van der Waals surface area contributed by atoms with Crippen LogP contribution in [0.2, 0.25) is 0 Å². The van der Waals surface area contributed by atoms with Crippen LogP contribution in [-0.2, 0) is 11.2 Å². The molecule has 1 aromatic heterocycles. The second kappa shape index (κ2) is 7.88. The van der Waals surface area contributed by atoms with Crippen LogP contribution in [0.1, 0.15) is 22.5 Å². The number of hydrogen-bond acceptors (Lipinski definition) is 3. The fourth-order valence-corrected chi connectivity index (χ4v) is 3.03. The predicted molar refractivity (Wildman–Crippen MR) is 94.6 cm³/mol. The molecule has 132 valence electrons. The van der Waals surface area contributed by atoms with Gasteiger partial charge >= 0.3 is 0 Å². The molecule has 6 nitrogen and oxygen atoms in total. The number of hydrogen-bond donors (Lipinski definition) is 1.